The van der Waals surface area contributed by atoms with E-state index in [2.05, 4.69) is 13.5 Å². The van der Waals surface area contributed by atoms with E-state index in [-0.39, 0.29) is 0 Å². The second-order valence-corrected chi connectivity index (χ2v) is 2.35. The minimum absolute atomic E-state index is 0.816. The van der Waals surface area contributed by atoms with Gasteiger partial charge < -0.3 is 5.73 Å². The van der Waals surface area contributed by atoms with Crippen molar-refractivity contribution >= 4 is 0 Å². The predicted octanol–water partition coefficient (Wildman–Crippen LogP) is 2.08. The maximum atomic E-state index is 5.33. The molecule has 0 aromatic heterocycles. The molecule has 2 N–H and O–H groups in total. The first-order valence-corrected chi connectivity index (χ1v) is 3.68. The van der Waals surface area contributed by atoms with E-state index in [9.17, 15) is 0 Å². The first kappa shape index (κ1) is 8.70. The molecule has 0 radical (unpaired) electrons. The molecule has 0 aromatic rings. The number of allylic oxidation sites excluding steroid dienone is 1. The number of rotatable bonds is 5. The summed E-state index contributed by atoms with van der Waals surface area (Å²) < 4.78 is 0. The first-order valence-electron chi connectivity index (χ1n) is 3.68. The van der Waals surface area contributed by atoms with Crippen LogP contribution in [0, 0.1) is 0 Å². The molecule has 0 atom stereocenters. The van der Waals surface area contributed by atoms with Crippen LogP contribution in [-0.4, -0.2) is 6.54 Å². The summed E-state index contributed by atoms with van der Waals surface area (Å²) in [5, 5.41) is 0. The molecule has 9 heavy (non-hydrogen) atoms. The Hall–Kier alpha value is -0.300. The maximum Gasteiger partial charge on any atom is -0.00772 e. The Morgan fingerprint density at radius 1 is 1.44 bits per heavy atom. The van der Waals surface area contributed by atoms with Gasteiger partial charge in [0.2, 0.25) is 0 Å². The SMILES string of the molecule is C=C(CC)CCCCN. The van der Waals surface area contributed by atoms with E-state index in [1.807, 2.05) is 0 Å². The fraction of sp³-hybridized carbons (Fsp3) is 0.750. The predicted molar refractivity (Wildman–Crippen MR) is 42.3 cm³/mol. The van der Waals surface area contributed by atoms with Gasteiger partial charge in [0.25, 0.3) is 0 Å². The van der Waals surface area contributed by atoms with Gasteiger partial charge in [0.05, 0.1) is 0 Å². The van der Waals surface area contributed by atoms with E-state index in [4.69, 9.17) is 5.73 Å². The van der Waals surface area contributed by atoms with Crippen molar-refractivity contribution in [3.63, 3.8) is 0 Å². The zero-order valence-electron chi connectivity index (χ0n) is 6.32. The molecule has 0 saturated heterocycles. The molecule has 0 aliphatic rings. The molecular weight excluding hydrogens is 110 g/mol. The molecule has 0 rings (SSSR count). The molecule has 1 heteroatoms. The zero-order chi connectivity index (χ0) is 7.11. The van der Waals surface area contributed by atoms with Crippen molar-refractivity contribution in [3.05, 3.63) is 12.2 Å². The van der Waals surface area contributed by atoms with Crippen molar-refractivity contribution in [1.29, 1.82) is 0 Å². The van der Waals surface area contributed by atoms with Gasteiger partial charge >= 0.3 is 0 Å². The molecule has 1 nitrogen and oxygen atoms in total. The van der Waals surface area contributed by atoms with E-state index in [0.717, 1.165) is 25.8 Å². The third-order valence-corrected chi connectivity index (χ3v) is 1.48. The van der Waals surface area contributed by atoms with Crippen LogP contribution in [-0.2, 0) is 0 Å². The quantitative estimate of drug-likeness (QED) is 0.444. The fourth-order valence-corrected chi connectivity index (χ4v) is 0.696. The molecule has 0 unspecified atom stereocenters. The molecule has 0 spiro atoms. The third-order valence-electron chi connectivity index (χ3n) is 1.48. The topological polar surface area (TPSA) is 26.0 Å². The molecule has 0 saturated carbocycles. The van der Waals surface area contributed by atoms with Crippen LogP contribution in [0.2, 0.25) is 0 Å². The summed E-state index contributed by atoms with van der Waals surface area (Å²) in [5.74, 6) is 0. The largest absolute Gasteiger partial charge is 0.330 e. The van der Waals surface area contributed by atoms with Gasteiger partial charge in [-0.2, -0.15) is 0 Å². The summed E-state index contributed by atoms with van der Waals surface area (Å²) in [6, 6.07) is 0. The van der Waals surface area contributed by atoms with Crippen molar-refractivity contribution < 1.29 is 0 Å². The minimum atomic E-state index is 0.816. The lowest BCUT2D eigenvalue weighted by Gasteiger charge is -1.99. The highest BCUT2D eigenvalue weighted by Crippen LogP contribution is 2.06. The monoisotopic (exact) mass is 127 g/mol. The van der Waals surface area contributed by atoms with Crippen molar-refractivity contribution in [2.24, 2.45) is 5.73 Å². The minimum Gasteiger partial charge on any atom is -0.330 e. The third kappa shape index (κ3) is 5.57. The fourth-order valence-electron chi connectivity index (χ4n) is 0.696. The molecule has 0 amide bonds. The van der Waals surface area contributed by atoms with Crippen LogP contribution in [0.1, 0.15) is 32.6 Å². The normalized spacial score (nSPS) is 9.56. The van der Waals surface area contributed by atoms with Gasteiger partial charge in [0, 0.05) is 0 Å². The van der Waals surface area contributed by atoms with Crippen LogP contribution in [0.15, 0.2) is 12.2 Å². The van der Waals surface area contributed by atoms with E-state index < -0.39 is 0 Å². The summed E-state index contributed by atoms with van der Waals surface area (Å²) in [6.07, 6.45) is 4.63. The Morgan fingerprint density at radius 3 is 2.56 bits per heavy atom. The number of unbranched alkanes of at least 4 members (excludes halogenated alkanes) is 1. The van der Waals surface area contributed by atoms with Gasteiger partial charge in [-0.1, -0.05) is 19.1 Å². The lowest BCUT2D eigenvalue weighted by Crippen LogP contribution is -1.97. The van der Waals surface area contributed by atoms with Crippen molar-refractivity contribution in [2.45, 2.75) is 32.6 Å². The summed E-state index contributed by atoms with van der Waals surface area (Å²) in [7, 11) is 0. The Balaban J connectivity index is 2.97. The Bertz CT molecular complexity index is 76.6. The van der Waals surface area contributed by atoms with Gasteiger partial charge in [0.1, 0.15) is 0 Å². The summed E-state index contributed by atoms with van der Waals surface area (Å²) >= 11 is 0. The molecule has 0 aliphatic heterocycles. The molecule has 0 bridgehead atoms. The molecule has 0 aliphatic carbocycles. The number of hydrogen-bond donors (Lipinski definition) is 1. The van der Waals surface area contributed by atoms with Crippen LogP contribution in [0.5, 0.6) is 0 Å². The van der Waals surface area contributed by atoms with Gasteiger partial charge in [-0.3, -0.25) is 0 Å². The highest BCUT2D eigenvalue weighted by atomic mass is 14.5. The number of hydrogen-bond acceptors (Lipinski definition) is 1. The molecule has 0 fully saturated rings. The Morgan fingerprint density at radius 2 is 2.11 bits per heavy atom. The standard InChI is InChI=1S/C8H17N/c1-3-8(2)6-4-5-7-9/h2-7,9H2,1H3. The molecule has 54 valence electrons. The van der Waals surface area contributed by atoms with Crippen molar-refractivity contribution in [1.82, 2.24) is 0 Å². The van der Waals surface area contributed by atoms with E-state index in [0.29, 0.717) is 0 Å². The highest BCUT2D eigenvalue weighted by molar-refractivity contribution is 4.91. The zero-order valence-corrected chi connectivity index (χ0v) is 6.32. The smallest absolute Gasteiger partial charge is 0.00772 e. The van der Waals surface area contributed by atoms with Crippen molar-refractivity contribution in [3.8, 4) is 0 Å². The highest BCUT2D eigenvalue weighted by Gasteiger charge is 1.88. The second-order valence-electron chi connectivity index (χ2n) is 2.35. The van der Waals surface area contributed by atoms with Gasteiger partial charge in [-0.15, -0.1) is 0 Å². The summed E-state index contributed by atoms with van der Waals surface area (Å²) in [4.78, 5) is 0. The van der Waals surface area contributed by atoms with Crippen LogP contribution < -0.4 is 5.73 Å². The van der Waals surface area contributed by atoms with Crippen LogP contribution in [0.3, 0.4) is 0 Å². The van der Waals surface area contributed by atoms with Crippen LogP contribution in [0.4, 0.5) is 0 Å². The number of nitrogens with two attached hydrogens (primary N) is 1. The average Bonchev–Trinajstić information content (AvgIpc) is 1.89. The lowest BCUT2D eigenvalue weighted by atomic mass is 10.1. The Labute approximate surface area is 57.9 Å². The maximum absolute atomic E-state index is 5.33. The first-order chi connectivity index (χ1) is 4.31. The summed E-state index contributed by atoms with van der Waals surface area (Å²) in [5.41, 5.74) is 6.68. The molecule has 0 heterocycles. The van der Waals surface area contributed by atoms with E-state index >= 15 is 0 Å². The lowest BCUT2D eigenvalue weighted by molar-refractivity contribution is 0.728. The summed E-state index contributed by atoms with van der Waals surface area (Å²) in [6.45, 7) is 6.86. The van der Waals surface area contributed by atoms with Crippen LogP contribution in [0.25, 0.3) is 0 Å². The van der Waals surface area contributed by atoms with E-state index in [1.165, 1.54) is 12.0 Å². The second kappa shape index (κ2) is 5.83. The Kier molecular flexibility index (Phi) is 5.64. The van der Waals surface area contributed by atoms with E-state index in [1.54, 1.807) is 0 Å². The van der Waals surface area contributed by atoms with Crippen LogP contribution >= 0.6 is 0 Å². The molecule has 0 aromatic carbocycles. The van der Waals surface area contributed by atoms with Crippen molar-refractivity contribution in [2.75, 3.05) is 6.54 Å². The van der Waals surface area contributed by atoms with Gasteiger partial charge in [0.15, 0.2) is 0 Å². The van der Waals surface area contributed by atoms with Gasteiger partial charge in [-0.05, 0) is 32.2 Å². The average molecular weight is 127 g/mol. The molecular formula is C8H17N. The van der Waals surface area contributed by atoms with Gasteiger partial charge in [-0.25, -0.2) is 0 Å².